The molecule has 0 amide bonds. The molecule has 11 heteroatoms. The molecule has 3 aromatic rings. The molecule has 1 aromatic heterocycles. The van der Waals surface area contributed by atoms with E-state index in [2.05, 4.69) is 41.7 Å². The van der Waals surface area contributed by atoms with Gasteiger partial charge in [0.05, 0.1) is 31.3 Å². The SMILES string of the molecule is COC(=O)COc1c(OC)cc(C=Nn2c(C(C)(C)C)nc3ccc(Br)cc3c2=O)c(Br)c1Cl. The summed E-state index contributed by atoms with van der Waals surface area (Å²) in [6, 6.07) is 6.97. The molecule has 3 rings (SSSR count). The van der Waals surface area contributed by atoms with Gasteiger partial charge in [-0.25, -0.2) is 9.78 Å². The van der Waals surface area contributed by atoms with Crippen molar-refractivity contribution in [2.24, 2.45) is 5.10 Å². The highest BCUT2D eigenvalue weighted by Gasteiger charge is 2.23. The van der Waals surface area contributed by atoms with Gasteiger partial charge in [-0.15, -0.1) is 0 Å². The van der Waals surface area contributed by atoms with E-state index in [1.807, 2.05) is 26.8 Å². The molecule has 0 radical (unpaired) electrons. The molecule has 0 aliphatic rings. The summed E-state index contributed by atoms with van der Waals surface area (Å²) < 4.78 is 17.9. The third-order valence-corrected chi connectivity index (χ3v) is 6.67. The Labute approximate surface area is 218 Å². The van der Waals surface area contributed by atoms with Crippen molar-refractivity contribution in [1.29, 1.82) is 0 Å². The lowest BCUT2D eigenvalue weighted by Crippen LogP contribution is -2.29. The number of methoxy groups -OCH3 is 2. The highest BCUT2D eigenvalue weighted by Crippen LogP contribution is 2.42. The van der Waals surface area contributed by atoms with E-state index in [-0.39, 0.29) is 28.7 Å². The Morgan fingerprint density at radius 3 is 2.56 bits per heavy atom. The number of fused-ring (bicyclic) bond motifs is 1. The molecule has 0 aliphatic carbocycles. The molecule has 1 heterocycles. The van der Waals surface area contributed by atoms with Crippen LogP contribution in [0.25, 0.3) is 10.9 Å². The third kappa shape index (κ3) is 5.45. The van der Waals surface area contributed by atoms with Crippen molar-refractivity contribution in [3.63, 3.8) is 0 Å². The van der Waals surface area contributed by atoms with Crippen molar-refractivity contribution >= 4 is 66.5 Å². The minimum Gasteiger partial charge on any atom is -0.493 e. The number of hydrogen-bond acceptors (Lipinski definition) is 7. The van der Waals surface area contributed by atoms with Crippen LogP contribution in [0.2, 0.25) is 5.02 Å². The predicted octanol–water partition coefficient (Wildman–Crippen LogP) is 5.32. The van der Waals surface area contributed by atoms with Crippen LogP contribution in [0.5, 0.6) is 11.5 Å². The number of carbonyl (C=O) groups excluding carboxylic acids is 1. The maximum atomic E-state index is 13.3. The fraction of sp³-hybridized carbons (Fsp3) is 0.304. The number of benzene rings is 2. The standard InChI is InChI=1S/C23H22Br2ClN3O5/c1-23(2,3)22-28-15-7-6-13(24)9-14(15)21(31)29(22)27-10-12-8-16(32-4)20(19(26)18(12)25)34-11-17(30)33-5/h6-10H,11H2,1-5H3. The molecule has 8 nitrogen and oxygen atoms in total. The van der Waals surface area contributed by atoms with Crippen LogP contribution < -0.4 is 15.0 Å². The second-order valence-electron chi connectivity index (χ2n) is 8.20. The van der Waals surface area contributed by atoms with E-state index in [1.165, 1.54) is 25.1 Å². The number of aromatic nitrogens is 2. The van der Waals surface area contributed by atoms with Gasteiger partial charge in [0.15, 0.2) is 18.1 Å². The fourth-order valence-electron chi connectivity index (χ4n) is 3.04. The van der Waals surface area contributed by atoms with Gasteiger partial charge < -0.3 is 14.2 Å². The Bertz CT molecular complexity index is 1350. The van der Waals surface area contributed by atoms with Crippen molar-refractivity contribution in [2.45, 2.75) is 26.2 Å². The summed E-state index contributed by atoms with van der Waals surface area (Å²) in [6.07, 6.45) is 1.48. The molecular weight excluding hydrogens is 594 g/mol. The Morgan fingerprint density at radius 2 is 1.94 bits per heavy atom. The Kier molecular flexibility index (Phi) is 8.05. The van der Waals surface area contributed by atoms with Crippen molar-refractivity contribution in [3.05, 3.63) is 60.0 Å². The first-order valence-corrected chi connectivity index (χ1v) is 12.0. The summed E-state index contributed by atoms with van der Waals surface area (Å²) in [7, 11) is 2.70. The van der Waals surface area contributed by atoms with Gasteiger partial charge in [0.1, 0.15) is 10.8 Å². The minimum absolute atomic E-state index is 0.170. The first kappa shape index (κ1) is 26.2. The van der Waals surface area contributed by atoms with Crippen molar-refractivity contribution in [1.82, 2.24) is 9.66 Å². The maximum absolute atomic E-state index is 13.3. The third-order valence-electron chi connectivity index (χ3n) is 4.73. The number of halogens is 3. The normalized spacial score (nSPS) is 11.8. The monoisotopic (exact) mass is 613 g/mol. The first-order valence-electron chi connectivity index (χ1n) is 10.0. The van der Waals surface area contributed by atoms with Crippen molar-refractivity contribution in [3.8, 4) is 11.5 Å². The highest BCUT2D eigenvalue weighted by molar-refractivity contribution is 9.10. The summed E-state index contributed by atoms with van der Waals surface area (Å²) in [5.41, 5.74) is 0.339. The Morgan fingerprint density at radius 1 is 1.24 bits per heavy atom. The van der Waals surface area contributed by atoms with E-state index in [0.29, 0.717) is 26.8 Å². The van der Waals surface area contributed by atoms with Crippen LogP contribution in [-0.4, -0.2) is 42.7 Å². The smallest absolute Gasteiger partial charge is 0.343 e. The van der Waals surface area contributed by atoms with Gasteiger partial charge in [0, 0.05) is 19.9 Å². The van der Waals surface area contributed by atoms with E-state index >= 15 is 0 Å². The van der Waals surface area contributed by atoms with E-state index < -0.39 is 11.4 Å². The minimum atomic E-state index is -0.565. The number of hydrogen-bond donors (Lipinski definition) is 0. The van der Waals surface area contributed by atoms with Gasteiger partial charge in [0.25, 0.3) is 5.56 Å². The van der Waals surface area contributed by atoms with Crippen LogP contribution >= 0.6 is 43.5 Å². The Balaban J connectivity index is 2.14. The summed E-state index contributed by atoms with van der Waals surface area (Å²) in [5.74, 6) is 0.381. The summed E-state index contributed by atoms with van der Waals surface area (Å²) in [6.45, 7) is 5.52. The first-order chi connectivity index (χ1) is 16.0. The van der Waals surface area contributed by atoms with Crippen LogP contribution in [0, 0.1) is 0 Å². The van der Waals surface area contributed by atoms with Crippen LogP contribution in [0.1, 0.15) is 32.2 Å². The molecule has 0 N–H and O–H groups in total. The molecule has 0 atom stereocenters. The number of rotatable bonds is 6. The molecule has 34 heavy (non-hydrogen) atoms. The van der Waals surface area contributed by atoms with Crippen LogP contribution in [0.15, 0.2) is 43.1 Å². The van der Waals surface area contributed by atoms with E-state index in [0.717, 1.165) is 4.47 Å². The zero-order chi connectivity index (χ0) is 25.2. The molecule has 0 bridgehead atoms. The second-order valence-corrected chi connectivity index (χ2v) is 10.3. The zero-order valence-corrected chi connectivity index (χ0v) is 23.0. The molecule has 0 spiro atoms. The molecular formula is C23H22Br2ClN3O5. The largest absolute Gasteiger partial charge is 0.493 e. The van der Waals surface area contributed by atoms with Crippen LogP contribution in [-0.2, 0) is 14.9 Å². The zero-order valence-electron chi connectivity index (χ0n) is 19.1. The van der Waals surface area contributed by atoms with Crippen LogP contribution in [0.4, 0.5) is 0 Å². The van der Waals surface area contributed by atoms with E-state index in [1.54, 1.807) is 18.2 Å². The lowest BCUT2D eigenvalue weighted by atomic mass is 9.95. The quantitative estimate of drug-likeness (QED) is 0.276. The van der Waals surface area contributed by atoms with Gasteiger partial charge in [-0.05, 0) is 40.2 Å². The summed E-state index contributed by atoms with van der Waals surface area (Å²) >= 11 is 13.3. The summed E-state index contributed by atoms with van der Waals surface area (Å²) in [4.78, 5) is 29.5. The van der Waals surface area contributed by atoms with Gasteiger partial charge >= 0.3 is 5.97 Å². The number of esters is 1. The number of nitrogens with zero attached hydrogens (tertiary/aromatic N) is 3. The van der Waals surface area contributed by atoms with E-state index in [9.17, 15) is 9.59 Å². The molecule has 180 valence electrons. The highest BCUT2D eigenvalue weighted by atomic mass is 79.9. The van der Waals surface area contributed by atoms with Gasteiger partial charge in [-0.3, -0.25) is 4.79 Å². The van der Waals surface area contributed by atoms with Gasteiger partial charge in [0.2, 0.25) is 0 Å². The average Bonchev–Trinajstić information content (AvgIpc) is 2.79. The Hall–Kier alpha value is -2.43. The molecule has 0 saturated heterocycles. The van der Waals surface area contributed by atoms with Gasteiger partial charge in [-0.2, -0.15) is 9.78 Å². The van der Waals surface area contributed by atoms with Crippen molar-refractivity contribution < 1.29 is 19.0 Å². The van der Waals surface area contributed by atoms with E-state index in [4.69, 9.17) is 26.1 Å². The molecule has 0 fully saturated rings. The number of carbonyl (C=O) groups is 1. The molecule has 0 aliphatic heterocycles. The maximum Gasteiger partial charge on any atom is 0.343 e. The fourth-order valence-corrected chi connectivity index (χ4v) is 4.05. The molecule has 0 unspecified atom stereocenters. The molecule has 0 saturated carbocycles. The topological polar surface area (TPSA) is 92.0 Å². The van der Waals surface area contributed by atoms with Crippen LogP contribution in [0.3, 0.4) is 0 Å². The van der Waals surface area contributed by atoms with Gasteiger partial charge in [-0.1, -0.05) is 48.3 Å². The average molecular weight is 616 g/mol. The number of ether oxygens (including phenoxy) is 3. The predicted molar refractivity (Wildman–Crippen MR) is 139 cm³/mol. The van der Waals surface area contributed by atoms with Crippen molar-refractivity contribution in [2.75, 3.05) is 20.8 Å². The lowest BCUT2D eigenvalue weighted by Gasteiger charge is -2.21. The lowest BCUT2D eigenvalue weighted by molar-refractivity contribution is -0.142. The summed E-state index contributed by atoms with van der Waals surface area (Å²) in [5, 5.41) is 5.06. The second kappa shape index (κ2) is 10.5. The molecule has 2 aromatic carbocycles.